The van der Waals surface area contributed by atoms with E-state index < -0.39 is 12.6 Å². The van der Waals surface area contributed by atoms with E-state index in [1.807, 2.05) is 13.8 Å². The molecule has 0 atom stereocenters. The monoisotopic (exact) mass is 399 g/mol. The minimum Gasteiger partial charge on any atom is -0.493 e. The van der Waals surface area contributed by atoms with Gasteiger partial charge >= 0.3 is 5.97 Å². The molecule has 0 saturated heterocycles. The summed E-state index contributed by atoms with van der Waals surface area (Å²) in [5.74, 6) is 0.0726. The molecule has 0 saturated carbocycles. The van der Waals surface area contributed by atoms with E-state index >= 15 is 0 Å². The molecule has 0 unspecified atom stereocenters. The number of Topliss-reactive ketones (excluding diaryl/α,β-unsaturated/α-hetero) is 1. The van der Waals surface area contributed by atoms with E-state index in [0.717, 1.165) is 0 Å². The summed E-state index contributed by atoms with van der Waals surface area (Å²) in [6.45, 7) is 3.19. The molecule has 0 bridgehead atoms. The first-order chi connectivity index (χ1) is 13.9. The van der Waals surface area contributed by atoms with Crippen LogP contribution in [0, 0.1) is 5.92 Å². The second-order valence-corrected chi connectivity index (χ2v) is 6.75. The predicted octanol–water partition coefficient (Wildman–Crippen LogP) is 3.48. The van der Waals surface area contributed by atoms with Crippen LogP contribution < -0.4 is 14.8 Å². The lowest BCUT2D eigenvalue weighted by Crippen LogP contribution is -2.19. The lowest BCUT2D eigenvalue weighted by molar-refractivity contribution is -0.144. The largest absolute Gasteiger partial charge is 0.493 e. The lowest BCUT2D eigenvalue weighted by Gasteiger charge is -2.10. The fourth-order valence-electron chi connectivity index (χ4n) is 2.47. The van der Waals surface area contributed by atoms with Gasteiger partial charge in [0.1, 0.15) is 0 Å². The molecule has 0 aliphatic rings. The molecule has 154 valence electrons. The molecule has 0 aliphatic heterocycles. The molecule has 0 radical (unpaired) electrons. The zero-order valence-corrected chi connectivity index (χ0v) is 16.8. The first kappa shape index (κ1) is 21.9. The predicted molar refractivity (Wildman–Crippen MR) is 108 cm³/mol. The Labute approximate surface area is 170 Å². The number of hydrogen-bond donors (Lipinski definition) is 1. The van der Waals surface area contributed by atoms with Crippen LogP contribution in [0.2, 0.25) is 0 Å². The van der Waals surface area contributed by atoms with E-state index in [1.165, 1.54) is 7.11 Å². The van der Waals surface area contributed by atoms with Crippen LogP contribution >= 0.6 is 0 Å². The first-order valence-electron chi connectivity index (χ1n) is 9.23. The van der Waals surface area contributed by atoms with Crippen LogP contribution in [0.1, 0.15) is 30.6 Å². The zero-order valence-electron chi connectivity index (χ0n) is 16.8. The van der Waals surface area contributed by atoms with Crippen LogP contribution in [0.3, 0.4) is 0 Å². The summed E-state index contributed by atoms with van der Waals surface area (Å²) in [5.41, 5.74) is 0.986. The number of methoxy groups -OCH3 is 1. The Morgan fingerprint density at radius 3 is 2.21 bits per heavy atom. The van der Waals surface area contributed by atoms with Gasteiger partial charge in [0.05, 0.1) is 7.11 Å². The molecule has 7 nitrogen and oxygen atoms in total. The lowest BCUT2D eigenvalue weighted by atomic mass is 10.1. The van der Waals surface area contributed by atoms with Gasteiger partial charge in [-0.3, -0.25) is 9.59 Å². The van der Waals surface area contributed by atoms with Crippen LogP contribution in [0.4, 0.5) is 5.69 Å². The minimum atomic E-state index is -0.665. The van der Waals surface area contributed by atoms with Gasteiger partial charge in [0.15, 0.2) is 30.5 Å². The third-order valence-corrected chi connectivity index (χ3v) is 3.86. The second kappa shape index (κ2) is 10.8. The molecule has 1 N–H and O–H groups in total. The molecule has 2 rings (SSSR count). The van der Waals surface area contributed by atoms with E-state index in [9.17, 15) is 14.4 Å². The Morgan fingerprint density at radius 2 is 1.59 bits per heavy atom. The van der Waals surface area contributed by atoms with Crippen LogP contribution in [0.15, 0.2) is 48.5 Å². The molecule has 2 aromatic carbocycles. The van der Waals surface area contributed by atoms with Crippen molar-refractivity contribution in [1.82, 2.24) is 0 Å². The van der Waals surface area contributed by atoms with Gasteiger partial charge in [-0.15, -0.1) is 0 Å². The SMILES string of the molecule is COc1ccccc1OCC(=O)OCC(=O)c1ccc(NC(=O)CC(C)C)cc1. The summed E-state index contributed by atoms with van der Waals surface area (Å²) in [4.78, 5) is 35.8. The second-order valence-electron chi connectivity index (χ2n) is 6.75. The van der Waals surface area contributed by atoms with Crippen LogP contribution in [-0.4, -0.2) is 38.0 Å². The maximum atomic E-state index is 12.2. The highest BCUT2D eigenvalue weighted by molar-refractivity contribution is 5.98. The fourth-order valence-corrected chi connectivity index (χ4v) is 2.47. The van der Waals surface area contributed by atoms with Gasteiger partial charge in [0.2, 0.25) is 5.91 Å². The van der Waals surface area contributed by atoms with Gasteiger partial charge in [0, 0.05) is 17.7 Å². The van der Waals surface area contributed by atoms with E-state index in [4.69, 9.17) is 14.2 Å². The summed E-state index contributed by atoms with van der Waals surface area (Å²) in [5, 5.41) is 2.77. The number of amides is 1. The fraction of sp³-hybridized carbons (Fsp3) is 0.318. The Morgan fingerprint density at radius 1 is 0.931 bits per heavy atom. The third-order valence-electron chi connectivity index (χ3n) is 3.86. The van der Waals surface area contributed by atoms with Crippen molar-refractivity contribution in [3.05, 3.63) is 54.1 Å². The van der Waals surface area contributed by atoms with Gasteiger partial charge in [-0.05, 0) is 42.3 Å². The number of benzene rings is 2. The number of para-hydroxylation sites is 2. The van der Waals surface area contributed by atoms with E-state index in [1.54, 1.807) is 48.5 Å². The average molecular weight is 399 g/mol. The van der Waals surface area contributed by atoms with Crippen molar-refractivity contribution in [3.8, 4) is 11.5 Å². The summed E-state index contributed by atoms with van der Waals surface area (Å²) in [6.07, 6.45) is 0.424. The highest BCUT2D eigenvalue weighted by Gasteiger charge is 2.12. The molecule has 0 aromatic heterocycles. The average Bonchev–Trinajstić information content (AvgIpc) is 2.70. The molecule has 7 heteroatoms. The molecule has 0 heterocycles. The van der Waals surface area contributed by atoms with Crippen molar-refractivity contribution in [2.24, 2.45) is 5.92 Å². The summed E-state index contributed by atoms with van der Waals surface area (Å²) in [6, 6.07) is 13.3. The first-order valence-corrected chi connectivity index (χ1v) is 9.23. The van der Waals surface area contributed by atoms with Crippen LogP contribution in [-0.2, 0) is 14.3 Å². The number of rotatable bonds is 10. The maximum Gasteiger partial charge on any atom is 0.344 e. The van der Waals surface area contributed by atoms with E-state index in [0.29, 0.717) is 29.2 Å². The highest BCUT2D eigenvalue weighted by Crippen LogP contribution is 2.25. The Kier molecular flexibility index (Phi) is 8.21. The van der Waals surface area contributed by atoms with Gasteiger partial charge in [0.25, 0.3) is 0 Å². The summed E-state index contributed by atoms with van der Waals surface area (Å²) < 4.78 is 15.5. The molecule has 1 amide bonds. The Balaban J connectivity index is 1.79. The number of esters is 1. The van der Waals surface area contributed by atoms with Crippen molar-refractivity contribution in [2.45, 2.75) is 20.3 Å². The van der Waals surface area contributed by atoms with Gasteiger partial charge in [-0.2, -0.15) is 0 Å². The normalized spacial score (nSPS) is 10.3. The summed E-state index contributed by atoms with van der Waals surface area (Å²) >= 11 is 0. The smallest absolute Gasteiger partial charge is 0.344 e. The summed E-state index contributed by atoms with van der Waals surface area (Å²) in [7, 11) is 1.50. The number of ketones is 1. The van der Waals surface area contributed by atoms with Crippen molar-refractivity contribution < 1.29 is 28.6 Å². The number of carbonyl (C=O) groups is 3. The van der Waals surface area contributed by atoms with Crippen molar-refractivity contribution in [1.29, 1.82) is 0 Å². The highest BCUT2D eigenvalue weighted by atomic mass is 16.6. The van der Waals surface area contributed by atoms with Crippen LogP contribution in [0.5, 0.6) is 11.5 Å². The molecule has 29 heavy (non-hydrogen) atoms. The number of anilines is 1. The number of nitrogens with one attached hydrogen (secondary N) is 1. The third kappa shape index (κ3) is 7.29. The molecular formula is C22H25NO6. The standard InChI is InChI=1S/C22H25NO6/c1-15(2)12-21(25)23-17-10-8-16(9-11-17)18(24)13-29-22(26)14-28-20-7-5-4-6-19(20)27-3/h4-11,15H,12-14H2,1-3H3,(H,23,25). The molecule has 0 spiro atoms. The number of carbonyl (C=O) groups excluding carboxylic acids is 3. The number of hydrogen-bond acceptors (Lipinski definition) is 6. The van der Waals surface area contributed by atoms with Gasteiger partial charge in [-0.25, -0.2) is 4.79 Å². The number of ether oxygens (including phenoxy) is 3. The Hall–Kier alpha value is -3.35. The van der Waals surface area contributed by atoms with Crippen molar-refractivity contribution in [2.75, 3.05) is 25.6 Å². The van der Waals surface area contributed by atoms with Crippen molar-refractivity contribution >= 4 is 23.3 Å². The minimum absolute atomic E-state index is 0.0805. The van der Waals surface area contributed by atoms with E-state index in [2.05, 4.69) is 5.32 Å². The van der Waals surface area contributed by atoms with Crippen molar-refractivity contribution in [3.63, 3.8) is 0 Å². The maximum absolute atomic E-state index is 12.2. The molecular weight excluding hydrogens is 374 g/mol. The molecule has 0 fully saturated rings. The molecule has 2 aromatic rings. The van der Waals surface area contributed by atoms with Gasteiger partial charge in [-0.1, -0.05) is 26.0 Å². The molecule has 0 aliphatic carbocycles. The van der Waals surface area contributed by atoms with Gasteiger partial charge < -0.3 is 19.5 Å². The Bertz CT molecular complexity index is 845. The quantitative estimate of drug-likeness (QED) is 0.486. The van der Waals surface area contributed by atoms with E-state index in [-0.39, 0.29) is 24.2 Å². The topological polar surface area (TPSA) is 90.9 Å². The zero-order chi connectivity index (χ0) is 21.2. The van der Waals surface area contributed by atoms with Crippen LogP contribution in [0.25, 0.3) is 0 Å².